The molecule has 0 spiro atoms. The van der Waals surface area contributed by atoms with E-state index < -0.39 is 10.0 Å². The first-order valence-corrected chi connectivity index (χ1v) is 13.8. The van der Waals surface area contributed by atoms with Crippen LogP contribution in [0.1, 0.15) is 31.9 Å². The van der Waals surface area contributed by atoms with Crippen LogP contribution in [0.2, 0.25) is 0 Å². The zero-order valence-corrected chi connectivity index (χ0v) is 21.2. The van der Waals surface area contributed by atoms with Crippen LogP contribution >= 0.6 is 11.8 Å². The molecule has 0 saturated heterocycles. The number of rotatable bonds is 11. The van der Waals surface area contributed by atoms with Crippen molar-refractivity contribution in [1.29, 1.82) is 0 Å². The predicted molar refractivity (Wildman–Crippen MR) is 138 cm³/mol. The lowest BCUT2D eigenvalue weighted by Gasteiger charge is -2.26. The number of hydrogen-bond acceptors (Lipinski definition) is 5. The van der Waals surface area contributed by atoms with E-state index in [1.54, 1.807) is 48.5 Å². The van der Waals surface area contributed by atoms with E-state index in [1.807, 2.05) is 50.4 Å². The maximum Gasteiger partial charge on any atom is 0.264 e. The largest absolute Gasteiger partial charge is 0.494 e. The van der Waals surface area contributed by atoms with Gasteiger partial charge >= 0.3 is 0 Å². The van der Waals surface area contributed by atoms with Crippen molar-refractivity contribution in [2.75, 3.05) is 23.7 Å². The van der Waals surface area contributed by atoms with Crippen LogP contribution in [0, 0.1) is 0 Å². The van der Waals surface area contributed by atoms with Gasteiger partial charge in [-0.1, -0.05) is 37.3 Å². The molecule has 0 bridgehead atoms. The summed E-state index contributed by atoms with van der Waals surface area (Å²) in [5.74, 6) is 0.251. The lowest BCUT2D eigenvalue weighted by molar-refractivity contribution is -0.120. The van der Waals surface area contributed by atoms with Gasteiger partial charge in [-0.15, -0.1) is 11.8 Å². The molecule has 0 aliphatic carbocycles. The van der Waals surface area contributed by atoms with Crippen LogP contribution in [-0.2, 0) is 14.8 Å². The van der Waals surface area contributed by atoms with Gasteiger partial charge in [0.15, 0.2) is 0 Å². The number of anilines is 1. The highest BCUT2D eigenvalue weighted by molar-refractivity contribution is 7.98. The van der Waals surface area contributed by atoms with Gasteiger partial charge in [0.2, 0.25) is 5.91 Å². The van der Waals surface area contributed by atoms with Gasteiger partial charge in [-0.3, -0.25) is 9.10 Å². The summed E-state index contributed by atoms with van der Waals surface area (Å²) in [4.78, 5) is 14.2. The molecule has 0 aromatic heterocycles. The second-order valence-corrected chi connectivity index (χ2v) is 10.3. The van der Waals surface area contributed by atoms with Gasteiger partial charge in [-0.2, -0.15) is 0 Å². The number of sulfonamides is 1. The Kier molecular flexibility index (Phi) is 9.01. The molecule has 180 valence electrons. The smallest absolute Gasteiger partial charge is 0.264 e. The van der Waals surface area contributed by atoms with Gasteiger partial charge in [-0.05, 0) is 73.7 Å². The van der Waals surface area contributed by atoms with Crippen LogP contribution in [0.4, 0.5) is 5.69 Å². The Labute approximate surface area is 206 Å². The zero-order chi connectivity index (χ0) is 24.6. The Morgan fingerprint density at radius 1 is 0.971 bits per heavy atom. The lowest BCUT2D eigenvalue weighted by atomic mass is 10.0. The molecule has 1 atom stereocenters. The van der Waals surface area contributed by atoms with Crippen molar-refractivity contribution in [3.8, 4) is 5.75 Å². The first-order chi connectivity index (χ1) is 16.4. The number of carbonyl (C=O) groups is 1. The topological polar surface area (TPSA) is 75.7 Å². The van der Waals surface area contributed by atoms with Gasteiger partial charge in [0.1, 0.15) is 12.3 Å². The number of hydrogen-bond donors (Lipinski definition) is 1. The molecular weight excluding hydrogens is 468 g/mol. The number of nitrogens with one attached hydrogen (secondary N) is 1. The van der Waals surface area contributed by atoms with Gasteiger partial charge < -0.3 is 10.1 Å². The monoisotopic (exact) mass is 498 g/mol. The summed E-state index contributed by atoms with van der Waals surface area (Å²) < 4.78 is 33.9. The molecule has 0 saturated carbocycles. The predicted octanol–water partition coefficient (Wildman–Crippen LogP) is 5.27. The SMILES string of the molecule is CCOc1ccc(N(CC(=O)N[C@H](CC)c2ccccc2)S(=O)(=O)c2ccc(SC)cc2)cc1. The number of amides is 1. The fourth-order valence-corrected chi connectivity index (χ4v) is 5.37. The fourth-order valence-electron chi connectivity index (χ4n) is 3.54. The van der Waals surface area contributed by atoms with Crippen LogP contribution in [0.25, 0.3) is 0 Å². The van der Waals surface area contributed by atoms with Crippen LogP contribution in [0.5, 0.6) is 5.75 Å². The highest BCUT2D eigenvalue weighted by Gasteiger charge is 2.28. The molecule has 6 nitrogen and oxygen atoms in total. The standard InChI is InChI=1S/C26H30N2O4S2/c1-4-25(20-9-7-6-8-10-20)27-26(29)19-28(21-11-13-22(14-12-21)32-5-2)34(30,31)24-17-15-23(33-3)16-18-24/h6-18,25H,4-5,19H2,1-3H3,(H,27,29)/t25-/m1/s1. The molecule has 3 aromatic carbocycles. The average Bonchev–Trinajstić information content (AvgIpc) is 2.87. The van der Waals surface area contributed by atoms with Crippen molar-refractivity contribution in [2.45, 2.75) is 36.1 Å². The molecule has 0 aliphatic rings. The number of carbonyl (C=O) groups excluding carboxylic acids is 1. The van der Waals surface area contributed by atoms with Gasteiger partial charge in [-0.25, -0.2) is 8.42 Å². The summed E-state index contributed by atoms with van der Waals surface area (Å²) in [6.45, 7) is 4.02. The Morgan fingerprint density at radius 2 is 1.62 bits per heavy atom. The Morgan fingerprint density at radius 3 is 2.18 bits per heavy atom. The minimum absolute atomic E-state index is 0.127. The van der Waals surface area contributed by atoms with Crippen molar-refractivity contribution < 1.29 is 17.9 Å². The molecule has 1 N–H and O–H groups in total. The van der Waals surface area contributed by atoms with Crippen molar-refractivity contribution in [1.82, 2.24) is 5.32 Å². The molecule has 8 heteroatoms. The number of thioether (sulfide) groups is 1. The maximum absolute atomic E-state index is 13.6. The Balaban J connectivity index is 1.91. The van der Waals surface area contributed by atoms with Crippen LogP contribution < -0.4 is 14.4 Å². The van der Waals surface area contributed by atoms with E-state index >= 15 is 0 Å². The lowest BCUT2D eigenvalue weighted by Crippen LogP contribution is -2.42. The molecule has 1 amide bonds. The summed E-state index contributed by atoms with van der Waals surface area (Å²) in [6.07, 6.45) is 2.61. The second kappa shape index (κ2) is 11.9. The summed E-state index contributed by atoms with van der Waals surface area (Å²) in [7, 11) is -3.98. The third-order valence-corrected chi connectivity index (χ3v) is 7.85. The van der Waals surface area contributed by atoms with E-state index in [-0.39, 0.29) is 23.4 Å². The van der Waals surface area contributed by atoms with Crippen molar-refractivity contribution in [2.24, 2.45) is 0 Å². The van der Waals surface area contributed by atoms with Gasteiger partial charge in [0.25, 0.3) is 10.0 Å². The highest BCUT2D eigenvalue weighted by atomic mass is 32.2. The van der Waals surface area contributed by atoms with Crippen molar-refractivity contribution >= 4 is 33.4 Å². The van der Waals surface area contributed by atoms with Gasteiger partial charge in [0.05, 0.1) is 23.2 Å². The van der Waals surface area contributed by atoms with E-state index in [0.29, 0.717) is 24.5 Å². The number of ether oxygens (including phenoxy) is 1. The van der Waals surface area contributed by atoms with Crippen molar-refractivity contribution in [3.05, 3.63) is 84.4 Å². The van der Waals surface area contributed by atoms with E-state index in [4.69, 9.17) is 4.74 Å². The summed E-state index contributed by atoms with van der Waals surface area (Å²) >= 11 is 1.53. The summed E-state index contributed by atoms with van der Waals surface area (Å²) in [5.41, 5.74) is 1.36. The maximum atomic E-state index is 13.6. The normalized spacial score (nSPS) is 12.1. The number of nitrogens with zero attached hydrogens (tertiary/aromatic N) is 1. The fraction of sp³-hybridized carbons (Fsp3) is 0.269. The third kappa shape index (κ3) is 6.33. The average molecular weight is 499 g/mol. The summed E-state index contributed by atoms with van der Waals surface area (Å²) in [5, 5.41) is 2.98. The summed E-state index contributed by atoms with van der Waals surface area (Å²) in [6, 6.07) is 22.8. The van der Waals surface area contributed by atoms with Crippen molar-refractivity contribution in [3.63, 3.8) is 0 Å². The van der Waals surface area contributed by atoms with E-state index in [2.05, 4.69) is 5.32 Å². The molecule has 3 aromatic rings. The van der Waals surface area contributed by atoms with E-state index in [9.17, 15) is 13.2 Å². The molecule has 34 heavy (non-hydrogen) atoms. The Bertz CT molecular complexity index is 1170. The first-order valence-electron chi connectivity index (χ1n) is 11.1. The molecular formula is C26H30N2O4S2. The first kappa shape index (κ1) is 25.6. The minimum atomic E-state index is -3.98. The molecule has 0 aliphatic heterocycles. The van der Waals surface area contributed by atoms with Gasteiger partial charge in [0, 0.05) is 4.90 Å². The minimum Gasteiger partial charge on any atom is -0.494 e. The molecule has 0 unspecified atom stereocenters. The Hall–Kier alpha value is -2.97. The van der Waals surface area contributed by atoms with Crippen LogP contribution in [-0.4, -0.2) is 33.7 Å². The number of benzene rings is 3. The van der Waals surface area contributed by atoms with Crippen LogP contribution in [0.3, 0.4) is 0 Å². The molecule has 0 radical (unpaired) electrons. The molecule has 0 fully saturated rings. The third-order valence-electron chi connectivity index (χ3n) is 5.32. The molecule has 0 heterocycles. The molecule has 3 rings (SSSR count). The zero-order valence-electron chi connectivity index (χ0n) is 19.6. The van der Waals surface area contributed by atoms with E-state index in [0.717, 1.165) is 14.8 Å². The van der Waals surface area contributed by atoms with E-state index in [1.165, 1.54) is 11.8 Å². The highest BCUT2D eigenvalue weighted by Crippen LogP contribution is 2.27. The second-order valence-electron chi connectivity index (χ2n) is 7.55. The quantitative estimate of drug-likeness (QED) is 0.365. The van der Waals surface area contributed by atoms with Crippen LogP contribution in [0.15, 0.2) is 88.7 Å².